The van der Waals surface area contributed by atoms with Crippen LogP contribution in [-0.4, -0.2) is 17.2 Å². The van der Waals surface area contributed by atoms with Gasteiger partial charge in [0.25, 0.3) is 0 Å². The summed E-state index contributed by atoms with van der Waals surface area (Å²) in [5, 5.41) is 5.31. The average molecular weight is 447 g/mol. The van der Waals surface area contributed by atoms with Gasteiger partial charge in [0.2, 0.25) is 0 Å². The molecule has 0 aliphatic carbocycles. The van der Waals surface area contributed by atoms with Crippen molar-refractivity contribution < 1.29 is 0 Å². The molecule has 3 heteroatoms. The molecule has 164 valence electrons. The third kappa shape index (κ3) is 3.39. The molecule has 0 fully saturated rings. The Labute approximate surface area is 196 Å². The Morgan fingerprint density at radius 2 is 1.09 bits per heavy atom. The number of para-hydroxylation sites is 3. The number of hydrogen-bond donors (Lipinski definition) is 0. The fourth-order valence-corrected chi connectivity index (χ4v) is 6.61. The van der Waals surface area contributed by atoms with Gasteiger partial charge in [0.1, 0.15) is 0 Å². The molecule has 2 heterocycles. The van der Waals surface area contributed by atoms with Crippen LogP contribution in [0.1, 0.15) is 6.42 Å². The lowest BCUT2D eigenvalue weighted by Crippen LogP contribution is -2.19. The van der Waals surface area contributed by atoms with E-state index >= 15 is 0 Å². The van der Waals surface area contributed by atoms with Gasteiger partial charge >= 0.3 is 0 Å². The Balaban J connectivity index is 1.56. The summed E-state index contributed by atoms with van der Waals surface area (Å²) in [6.45, 7) is 8.49. The lowest BCUT2D eigenvalue weighted by atomic mass is 10.1. The minimum Gasteiger partial charge on any atom is -0.340 e. The Bertz CT molecular complexity index is 1580. The van der Waals surface area contributed by atoms with E-state index < -0.39 is 8.07 Å². The van der Waals surface area contributed by atoms with Gasteiger partial charge in [-0.1, -0.05) is 80.3 Å². The highest BCUT2D eigenvalue weighted by Crippen LogP contribution is 2.35. The van der Waals surface area contributed by atoms with Crippen molar-refractivity contribution in [3.8, 4) is 5.69 Å². The van der Waals surface area contributed by atoms with Gasteiger partial charge in [-0.2, -0.15) is 0 Å². The first kappa shape index (κ1) is 20.3. The summed E-state index contributed by atoms with van der Waals surface area (Å²) in [6.07, 6.45) is 1.25. The van der Waals surface area contributed by atoms with Gasteiger partial charge in [-0.3, -0.25) is 0 Å². The molecule has 0 aliphatic heterocycles. The van der Waals surface area contributed by atoms with E-state index in [2.05, 4.69) is 120 Å². The molecule has 0 amide bonds. The van der Waals surface area contributed by atoms with Crippen LogP contribution in [0.3, 0.4) is 0 Å². The van der Waals surface area contributed by atoms with Crippen LogP contribution in [0.15, 0.2) is 91.0 Å². The maximum absolute atomic E-state index is 2.54. The molecule has 0 unspecified atom stereocenters. The summed E-state index contributed by atoms with van der Waals surface area (Å²) in [5.74, 6) is 0. The van der Waals surface area contributed by atoms with E-state index in [4.69, 9.17) is 0 Å². The quantitative estimate of drug-likeness (QED) is 0.235. The van der Waals surface area contributed by atoms with Crippen LogP contribution < -0.4 is 0 Å². The molecule has 0 spiro atoms. The van der Waals surface area contributed by atoms with Crippen molar-refractivity contribution in [2.45, 2.75) is 38.7 Å². The number of rotatable bonds is 5. The van der Waals surface area contributed by atoms with Crippen LogP contribution in [0.5, 0.6) is 0 Å². The number of benzene rings is 4. The van der Waals surface area contributed by atoms with E-state index in [0.29, 0.717) is 0 Å². The van der Waals surface area contributed by atoms with Gasteiger partial charge in [-0.25, -0.2) is 0 Å². The van der Waals surface area contributed by atoms with Crippen molar-refractivity contribution in [2.75, 3.05) is 0 Å². The largest absolute Gasteiger partial charge is 0.340 e. The maximum atomic E-state index is 2.54. The van der Waals surface area contributed by atoms with Crippen molar-refractivity contribution in [3.63, 3.8) is 0 Å². The van der Waals surface area contributed by atoms with Crippen LogP contribution in [-0.2, 0) is 6.54 Å². The average Bonchev–Trinajstić information content (AvgIpc) is 3.31. The molecule has 6 aromatic rings. The van der Waals surface area contributed by atoms with Crippen molar-refractivity contribution in [1.82, 2.24) is 9.13 Å². The predicted molar refractivity (Wildman–Crippen MR) is 147 cm³/mol. The van der Waals surface area contributed by atoms with Gasteiger partial charge in [0.05, 0.1) is 11.0 Å². The van der Waals surface area contributed by atoms with Crippen LogP contribution in [0.4, 0.5) is 0 Å². The summed E-state index contributed by atoms with van der Waals surface area (Å²) in [4.78, 5) is 0. The highest BCUT2D eigenvalue weighted by atomic mass is 28.3. The van der Waals surface area contributed by atoms with Gasteiger partial charge in [-0.15, -0.1) is 0 Å². The van der Waals surface area contributed by atoms with E-state index in [1.807, 2.05) is 0 Å². The Morgan fingerprint density at radius 1 is 0.576 bits per heavy atom. The minimum absolute atomic E-state index is 1.04. The van der Waals surface area contributed by atoms with E-state index in [1.165, 1.54) is 61.8 Å². The van der Waals surface area contributed by atoms with Gasteiger partial charge in [0, 0.05) is 52.9 Å². The van der Waals surface area contributed by atoms with Gasteiger partial charge in [0.15, 0.2) is 0 Å². The first-order valence-corrected chi connectivity index (χ1v) is 15.7. The van der Waals surface area contributed by atoms with E-state index in [0.717, 1.165) is 6.54 Å². The molecule has 0 aliphatic rings. The fourth-order valence-electron chi connectivity index (χ4n) is 5.39. The van der Waals surface area contributed by atoms with Crippen LogP contribution in [0.25, 0.3) is 49.3 Å². The summed E-state index contributed by atoms with van der Waals surface area (Å²) in [7, 11) is -1.04. The van der Waals surface area contributed by atoms with E-state index in [9.17, 15) is 0 Å². The maximum Gasteiger partial charge on any atom is 0.0541 e. The molecule has 4 aromatic carbocycles. The first-order chi connectivity index (χ1) is 16.0. The molecular weight excluding hydrogens is 416 g/mol. The topological polar surface area (TPSA) is 9.86 Å². The fraction of sp³-hybridized carbons (Fsp3) is 0.200. The van der Waals surface area contributed by atoms with Crippen LogP contribution in [0.2, 0.25) is 25.7 Å². The SMILES string of the molecule is C[Si](C)(C)CCCn1c2ccccc2c2cc(-n3c4ccccc4c4ccccc43)ccc21. The first-order valence-electron chi connectivity index (χ1n) is 12.0. The molecule has 33 heavy (non-hydrogen) atoms. The lowest BCUT2D eigenvalue weighted by Gasteiger charge is -2.16. The summed E-state index contributed by atoms with van der Waals surface area (Å²) in [5.41, 5.74) is 6.44. The summed E-state index contributed by atoms with van der Waals surface area (Å²) >= 11 is 0. The lowest BCUT2D eigenvalue weighted by molar-refractivity contribution is 0.716. The summed E-state index contributed by atoms with van der Waals surface area (Å²) in [6, 6.07) is 34.8. The Morgan fingerprint density at radius 3 is 1.70 bits per heavy atom. The number of aryl methyl sites for hydroxylation is 1. The van der Waals surface area contributed by atoms with Crippen molar-refractivity contribution in [2.24, 2.45) is 0 Å². The van der Waals surface area contributed by atoms with Crippen molar-refractivity contribution in [1.29, 1.82) is 0 Å². The molecule has 0 radical (unpaired) electrons. The highest BCUT2D eigenvalue weighted by Gasteiger charge is 2.16. The second-order valence-corrected chi connectivity index (χ2v) is 16.0. The molecular formula is C30H30N2Si. The number of aromatic nitrogens is 2. The smallest absolute Gasteiger partial charge is 0.0541 e. The molecule has 6 rings (SSSR count). The van der Waals surface area contributed by atoms with Gasteiger partial charge in [-0.05, 0) is 42.8 Å². The molecule has 0 saturated heterocycles. The third-order valence-electron chi connectivity index (χ3n) is 6.90. The number of fused-ring (bicyclic) bond motifs is 6. The van der Waals surface area contributed by atoms with Crippen LogP contribution >= 0.6 is 0 Å². The van der Waals surface area contributed by atoms with E-state index in [-0.39, 0.29) is 0 Å². The highest BCUT2D eigenvalue weighted by molar-refractivity contribution is 6.76. The molecule has 0 atom stereocenters. The second-order valence-electron chi connectivity index (χ2n) is 10.4. The number of nitrogens with zero attached hydrogens (tertiary/aromatic N) is 2. The van der Waals surface area contributed by atoms with Gasteiger partial charge < -0.3 is 9.13 Å². The zero-order valence-electron chi connectivity index (χ0n) is 19.7. The minimum atomic E-state index is -1.04. The molecule has 0 saturated carbocycles. The zero-order valence-corrected chi connectivity index (χ0v) is 20.7. The summed E-state index contributed by atoms with van der Waals surface area (Å²) < 4.78 is 4.96. The standard InChI is InChI=1S/C30H30N2Si/c1-33(2,3)20-10-19-31-27-14-7-4-13-25(27)26-21-22(17-18-28(26)31)32-29-15-8-5-11-23(29)24-12-6-9-16-30(24)32/h4-9,11-18,21H,10,19-20H2,1-3H3. The predicted octanol–water partition coefficient (Wildman–Crippen LogP) is 8.62. The molecule has 2 aromatic heterocycles. The van der Waals surface area contributed by atoms with Crippen molar-refractivity contribution in [3.05, 3.63) is 91.0 Å². The second kappa shape index (κ2) is 7.63. The molecule has 0 bridgehead atoms. The Kier molecular flexibility index (Phi) is 4.70. The van der Waals surface area contributed by atoms with Crippen LogP contribution in [0, 0.1) is 0 Å². The number of hydrogen-bond acceptors (Lipinski definition) is 0. The Hall–Kier alpha value is -3.30. The van der Waals surface area contributed by atoms with Crippen molar-refractivity contribution >= 4 is 51.7 Å². The monoisotopic (exact) mass is 446 g/mol. The van der Waals surface area contributed by atoms with E-state index in [1.54, 1.807) is 0 Å². The molecule has 2 nitrogen and oxygen atoms in total. The zero-order chi connectivity index (χ0) is 22.6. The normalized spacial score (nSPS) is 12.5. The molecule has 0 N–H and O–H groups in total. The third-order valence-corrected chi connectivity index (χ3v) is 8.76.